The molecule has 0 bridgehead atoms. The molecule has 1 aromatic rings. The number of nitrogens with zero attached hydrogens (tertiary/aromatic N) is 2. The lowest BCUT2D eigenvalue weighted by Gasteiger charge is -2.30. The minimum Gasteiger partial charge on any atom is -0.347 e. The first-order valence-corrected chi connectivity index (χ1v) is 10.2. The van der Waals surface area contributed by atoms with Crippen LogP contribution in [-0.2, 0) is 9.47 Å². The van der Waals surface area contributed by atoms with E-state index in [2.05, 4.69) is 33.2 Å². The second-order valence-electron chi connectivity index (χ2n) is 4.62. The Morgan fingerprint density at radius 3 is 2.84 bits per heavy atom. The van der Waals surface area contributed by atoms with Crippen molar-refractivity contribution in [1.29, 1.82) is 0 Å². The van der Waals surface area contributed by atoms with Crippen LogP contribution in [0.4, 0.5) is 0 Å². The molecule has 1 atom stereocenters. The number of hydrogen-bond donors (Lipinski definition) is 0. The number of allylic oxidation sites excluding steroid dienone is 1. The van der Waals surface area contributed by atoms with Crippen LogP contribution in [0.1, 0.15) is 35.3 Å². The topological polar surface area (TPSA) is 53.4 Å². The Bertz CT molecular complexity index is 523. The predicted octanol–water partition coefficient (Wildman–Crippen LogP) is 2.80. The fraction of sp³-hybridized carbons (Fsp3) is 0.500. The summed E-state index contributed by atoms with van der Waals surface area (Å²) in [5.74, 6) is -0.418. The van der Waals surface area contributed by atoms with E-state index < -0.39 is 5.79 Å². The maximum absolute atomic E-state index is 11.1. The molecular formula is C12H14IN2O3P. The van der Waals surface area contributed by atoms with E-state index >= 15 is 0 Å². The number of ether oxygens (including phenoxy) is 2. The molecule has 19 heavy (non-hydrogen) atoms. The van der Waals surface area contributed by atoms with Crippen LogP contribution >= 0.6 is 28.4 Å². The van der Waals surface area contributed by atoms with Gasteiger partial charge in [0.2, 0.25) is 0 Å². The molecule has 0 radical (unpaired) electrons. The Morgan fingerprint density at radius 1 is 1.47 bits per heavy atom. The van der Waals surface area contributed by atoms with Gasteiger partial charge >= 0.3 is 0 Å². The van der Waals surface area contributed by atoms with Crippen LogP contribution in [-0.4, -0.2) is 34.8 Å². The van der Waals surface area contributed by atoms with Gasteiger partial charge in [-0.05, 0) is 34.0 Å². The highest BCUT2D eigenvalue weighted by atomic mass is 127. The molecule has 0 aromatic carbocycles. The van der Waals surface area contributed by atoms with Crippen LogP contribution in [0.3, 0.4) is 0 Å². The molecule has 1 saturated heterocycles. The number of halogens is 1. The van der Waals surface area contributed by atoms with Gasteiger partial charge in [-0.2, -0.15) is 5.10 Å². The van der Waals surface area contributed by atoms with Gasteiger partial charge in [-0.25, -0.2) is 4.45 Å². The van der Waals surface area contributed by atoms with E-state index in [1.54, 1.807) is 6.20 Å². The van der Waals surface area contributed by atoms with Crippen molar-refractivity contribution in [3.63, 3.8) is 0 Å². The summed E-state index contributed by atoms with van der Waals surface area (Å²) in [6, 6.07) is 0. The molecule has 5 nitrogen and oxygen atoms in total. The monoisotopic (exact) mass is 392 g/mol. The van der Waals surface area contributed by atoms with Crippen LogP contribution in [0.15, 0.2) is 12.3 Å². The number of carbonyl (C=O) groups excluding carboxylic acids is 1. The number of hydrogen-bond acceptors (Lipinski definition) is 4. The number of carbonyl (C=O) groups is 1. The summed E-state index contributed by atoms with van der Waals surface area (Å²) in [6.07, 6.45) is 7.69. The van der Waals surface area contributed by atoms with Crippen molar-refractivity contribution in [3.05, 3.63) is 23.5 Å². The van der Waals surface area contributed by atoms with Crippen molar-refractivity contribution in [1.82, 2.24) is 9.55 Å². The average molecular weight is 392 g/mol. The zero-order chi connectivity index (χ0) is 13.3. The average Bonchev–Trinajstić information content (AvgIpc) is 3.07. The molecule has 2 heterocycles. The number of aldehydes is 1. The van der Waals surface area contributed by atoms with E-state index in [-0.39, 0.29) is 0 Å². The van der Waals surface area contributed by atoms with Crippen LogP contribution in [0.25, 0.3) is 5.57 Å². The molecule has 7 heteroatoms. The Balaban J connectivity index is 1.85. The Morgan fingerprint density at radius 2 is 2.26 bits per heavy atom. The lowest BCUT2D eigenvalue weighted by molar-refractivity contribution is -0.159. The molecule has 0 N–H and O–H groups in total. The summed E-state index contributed by atoms with van der Waals surface area (Å²) in [5, 5.41) is 4.48. The highest BCUT2D eigenvalue weighted by Gasteiger charge is 2.38. The zero-order valence-electron chi connectivity index (χ0n) is 10.3. The quantitative estimate of drug-likeness (QED) is 0.451. The van der Waals surface area contributed by atoms with Gasteiger partial charge in [0.1, 0.15) is 0 Å². The minimum atomic E-state index is -0.418. The lowest BCUT2D eigenvalue weighted by Crippen LogP contribution is -2.31. The second-order valence-corrected chi connectivity index (χ2v) is 6.70. The van der Waals surface area contributed by atoms with E-state index in [1.807, 2.05) is 4.45 Å². The summed E-state index contributed by atoms with van der Waals surface area (Å²) in [5.41, 5.74) is 2.60. The normalized spacial score (nSPS) is 22.3. The van der Waals surface area contributed by atoms with E-state index in [9.17, 15) is 4.79 Å². The molecule has 3 rings (SSSR count). The summed E-state index contributed by atoms with van der Waals surface area (Å²) in [7, 11) is 0. The SMILES string of the molecule is O=Cc1cn(PI)nc1C1=CCC2(CC1)OCCO2. The maximum Gasteiger partial charge on any atom is 0.172 e. The van der Waals surface area contributed by atoms with Crippen molar-refractivity contribution in [2.75, 3.05) is 13.2 Å². The third-order valence-electron chi connectivity index (χ3n) is 3.51. The standard InChI is InChI=1S/C12H14IN2O3P/c13-19-15-7-10(8-16)11(14-15)9-1-3-12(4-2-9)17-5-6-18-12/h1,7-8,19H,2-6H2. The molecular weight excluding hydrogens is 378 g/mol. The van der Waals surface area contributed by atoms with E-state index in [0.717, 1.165) is 36.8 Å². The van der Waals surface area contributed by atoms with Crippen molar-refractivity contribution in [3.8, 4) is 0 Å². The molecule has 0 amide bonds. The van der Waals surface area contributed by atoms with E-state index in [0.29, 0.717) is 25.2 Å². The first-order valence-electron chi connectivity index (χ1n) is 6.15. The first kappa shape index (κ1) is 13.7. The summed E-state index contributed by atoms with van der Waals surface area (Å²) >= 11 is 2.25. The summed E-state index contributed by atoms with van der Waals surface area (Å²) < 4.78 is 13.2. The van der Waals surface area contributed by atoms with Crippen LogP contribution in [0, 0.1) is 0 Å². The van der Waals surface area contributed by atoms with Crippen molar-refractivity contribution < 1.29 is 14.3 Å². The van der Waals surface area contributed by atoms with Gasteiger partial charge < -0.3 is 9.47 Å². The van der Waals surface area contributed by atoms with E-state index in [1.165, 1.54) is 0 Å². The molecule has 1 aromatic heterocycles. The molecule has 1 spiro atoms. The smallest absolute Gasteiger partial charge is 0.172 e. The van der Waals surface area contributed by atoms with Crippen molar-refractivity contribution >= 4 is 40.3 Å². The van der Waals surface area contributed by atoms with Crippen LogP contribution < -0.4 is 0 Å². The minimum absolute atomic E-state index is 0.418. The lowest BCUT2D eigenvalue weighted by atomic mass is 9.91. The third kappa shape index (κ3) is 2.63. The number of rotatable bonds is 3. The van der Waals surface area contributed by atoms with Gasteiger partial charge in [0.15, 0.2) is 12.1 Å². The Labute approximate surface area is 126 Å². The second kappa shape index (κ2) is 5.60. The zero-order valence-corrected chi connectivity index (χ0v) is 13.4. The van der Waals surface area contributed by atoms with Crippen LogP contribution in [0.2, 0.25) is 0 Å². The van der Waals surface area contributed by atoms with Crippen molar-refractivity contribution in [2.24, 2.45) is 0 Å². The van der Waals surface area contributed by atoms with Gasteiger partial charge in [-0.3, -0.25) is 4.79 Å². The largest absolute Gasteiger partial charge is 0.347 e. The highest BCUT2D eigenvalue weighted by Crippen LogP contribution is 2.38. The molecule has 1 aliphatic carbocycles. The summed E-state index contributed by atoms with van der Waals surface area (Å²) in [6.45, 7) is 1.35. The predicted molar refractivity (Wildman–Crippen MR) is 81.8 cm³/mol. The van der Waals surface area contributed by atoms with Gasteiger partial charge in [0.05, 0.1) is 30.8 Å². The summed E-state index contributed by atoms with van der Waals surface area (Å²) in [4.78, 5) is 11.1. The van der Waals surface area contributed by atoms with E-state index in [4.69, 9.17) is 9.47 Å². The van der Waals surface area contributed by atoms with Gasteiger partial charge in [-0.15, -0.1) is 0 Å². The molecule has 1 unspecified atom stereocenters. The molecule has 1 aliphatic heterocycles. The van der Waals surface area contributed by atoms with Gasteiger partial charge in [0, 0.05) is 19.0 Å². The molecule has 2 aliphatic rings. The van der Waals surface area contributed by atoms with Crippen molar-refractivity contribution in [2.45, 2.75) is 25.0 Å². The Hall–Kier alpha value is -0.300. The Kier molecular flexibility index (Phi) is 4.03. The van der Waals surface area contributed by atoms with Crippen LogP contribution in [0.5, 0.6) is 0 Å². The van der Waals surface area contributed by atoms with Gasteiger partial charge in [0.25, 0.3) is 0 Å². The molecule has 0 saturated carbocycles. The number of aromatic nitrogens is 2. The fourth-order valence-corrected chi connectivity index (χ4v) is 3.62. The fourth-order valence-electron chi connectivity index (χ4n) is 2.55. The maximum atomic E-state index is 11.1. The highest BCUT2D eigenvalue weighted by molar-refractivity contribution is 14.2. The first-order chi connectivity index (χ1) is 9.26. The molecule has 102 valence electrons. The molecule has 1 fully saturated rings. The van der Waals surface area contributed by atoms with Gasteiger partial charge in [-0.1, -0.05) is 6.08 Å². The third-order valence-corrected chi connectivity index (χ3v) is 5.39.